The summed E-state index contributed by atoms with van der Waals surface area (Å²) in [6.07, 6.45) is 0.599. The number of hydrogen-bond donors (Lipinski definition) is 1. The average Bonchev–Trinajstić information content (AvgIpc) is 2.68. The first kappa shape index (κ1) is 19.2. The van der Waals surface area contributed by atoms with Crippen molar-refractivity contribution in [1.29, 1.82) is 0 Å². The van der Waals surface area contributed by atoms with E-state index in [0.717, 1.165) is 16.8 Å². The third kappa shape index (κ3) is 3.74. The van der Waals surface area contributed by atoms with Crippen LogP contribution in [-0.2, 0) is 19.3 Å². The second-order valence-corrected chi connectivity index (χ2v) is 5.89. The van der Waals surface area contributed by atoms with Gasteiger partial charge in [0.05, 0.1) is 28.8 Å². The van der Waals surface area contributed by atoms with Crippen molar-refractivity contribution >= 4 is 16.7 Å². The lowest BCUT2D eigenvalue weighted by atomic mass is 10.1. The molecular weight excluding hydrogens is 371 g/mol. The van der Waals surface area contributed by atoms with Gasteiger partial charge < -0.3 is 5.32 Å². The summed E-state index contributed by atoms with van der Waals surface area (Å²) in [6, 6.07) is 11.1. The van der Waals surface area contributed by atoms with E-state index in [9.17, 15) is 22.8 Å². The Hall–Kier alpha value is -3.60. The van der Waals surface area contributed by atoms with Crippen LogP contribution >= 0.6 is 0 Å². The molecule has 1 N–H and O–H groups in total. The maximum Gasteiger partial charge on any atom is 0.417 e. The largest absolute Gasteiger partial charge is 0.417 e. The van der Waals surface area contributed by atoms with E-state index in [-0.39, 0.29) is 18.6 Å². The molecular formula is C20H14F3N3O2. The van der Waals surface area contributed by atoms with Crippen molar-refractivity contribution in [3.8, 4) is 12.3 Å². The first-order chi connectivity index (χ1) is 13.3. The molecule has 0 fully saturated rings. The maximum atomic E-state index is 13.1. The molecule has 1 aromatic heterocycles. The summed E-state index contributed by atoms with van der Waals surface area (Å²) in [7, 11) is 0. The highest BCUT2D eigenvalue weighted by atomic mass is 19.4. The molecule has 1 amide bonds. The number of amides is 1. The molecule has 28 heavy (non-hydrogen) atoms. The molecule has 2 aromatic carbocycles. The van der Waals surface area contributed by atoms with Gasteiger partial charge in [0.2, 0.25) is 0 Å². The molecule has 0 atom stereocenters. The van der Waals surface area contributed by atoms with Crippen LogP contribution in [0.3, 0.4) is 0 Å². The molecule has 5 nitrogen and oxygen atoms in total. The van der Waals surface area contributed by atoms with Crippen molar-refractivity contribution in [3.05, 3.63) is 75.7 Å². The third-order valence-electron chi connectivity index (χ3n) is 4.08. The Morgan fingerprint density at radius 2 is 1.75 bits per heavy atom. The molecule has 1 heterocycles. The SMILES string of the molecule is C#CCn1nc(CNC(=O)c2ccccc2C(F)(F)F)c2ccccc2c1=O. The minimum Gasteiger partial charge on any atom is -0.346 e. The van der Waals surface area contributed by atoms with Crippen molar-refractivity contribution in [2.75, 3.05) is 0 Å². The van der Waals surface area contributed by atoms with Crippen molar-refractivity contribution < 1.29 is 18.0 Å². The molecule has 0 unspecified atom stereocenters. The predicted molar refractivity (Wildman–Crippen MR) is 97.5 cm³/mol. The zero-order chi connectivity index (χ0) is 20.3. The number of terminal acetylenes is 1. The fraction of sp³-hybridized carbons (Fsp3) is 0.150. The molecule has 142 valence electrons. The van der Waals surface area contributed by atoms with Crippen LogP contribution < -0.4 is 10.9 Å². The Morgan fingerprint density at radius 1 is 1.11 bits per heavy atom. The minimum absolute atomic E-state index is 0.0679. The number of carbonyl (C=O) groups is 1. The van der Waals surface area contributed by atoms with Gasteiger partial charge in [0, 0.05) is 5.39 Å². The van der Waals surface area contributed by atoms with Crippen LogP contribution in [0.2, 0.25) is 0 Å². The number of hydrogen-bond acceptors (Lipinski definition) is 3. The molecule has 8 heteroatoms. The molecule has 0 saturated heterocycles. The van der Waals surface area contributed by atoms with E-state index in [1.165, 1.54) is 12.1 Å². The van der Waals surface area contributed by atoms with Crippen LogP contribution in [0.5, 0.6) is 0 Å². The van der Waals surface area contributed by atoms with Gasteiger partial charge in [-0.1, -0.05) is 36.3 Å². The number of benzene rings is 2. The van der Waals surface area contributed by atoms with E-state index in [1.54, 1.807) is 24.3 Å². The topological polar surface area (TPSA) is 64.0 Å². The van der Waals surface area contributed by atoms with E-state index >= 15 is 0 Å². The van der Waals surface area contributed by atoms with E-state index < -0.39 is 23.2 Å². The monoisotopic (exact) mass is 385 g/mol. The Morgan fingerprint density at radius 3 is 2.43 bits per heavy atom. The van der Waals surface area contributed by atoms with E-state index in [1.807, 2.05) is 0 Å². The summed E-state index contributed by atoms with van der Waals surface area (Å²) in [4.78, 5) is 24.7. The molecule has 0 aliphatic rings. The van der Waals surface area contributed by atoms with E-state index in [4.69, 9.17) is 6.42 Å². The highest BCUT2D eigenvalue weighted by Gasteiger charge is 2.34. The summed E-state index contributed by atoms with van der Waals surface area (Å²) in [5.41, 5.74) is -1.58. The highest BCUT2D eigenvalue weighted by molar-refractivity contribution is 5.96. The lowest BCUT2D eigenvalue weighted by molar-refractivity contribution is -0.137. The number of rotatable bonds is 4. The van der Waals surface area contributed by atoms with Crippen molar-refractivity contribution in [2.24, 2.45) is 0 Å². The number of halogens is 3. The minimum atomic E-state index is -4.65. The maximum absolute atomic E-state index is 13.1. The fourth-order valence-corrected chi connectivity index (χ4v) is 2.82. The Balaban J connectivity index is 1.95. The van der Waals surface area contributed by atoms with Crippen LogP contribution in [-0.4, -0.2) is 15.7 Å². The van der Waals surface area contributed by atoms with Crippen LogP contribution in [0.1, 0.15) is 21.6 Å². The summed E-state index contributed by atoms with van der Waals surface area (Å²) in [5, 5.41) is 7.44. The summed E-state index contributed by atoms with van der Waals surface area (Å²) in [6.45, 7) is -0.238. The summed E-state index contributed by atoms with van der Waals surface area (Å²) in [5.74, 6) is 1.42. The molecule has 0 aliphatic carbocycles. The smallest absolute Gasteiger partial charge is 0.346 e. The lowest BCUT2D eigenvalue weighted by Crippen LogP contribution is -2.29. The molecule has 0 radical (unpaired) electrons. The quantitative estimate of drug-likeness (QED) is 0.703. The Labute approximate surface area is 157 Å². The molecule has 3 aromatic rings. The van der Waals surface area contributed by atoms with Gasteiger partial charge >= 0.3 is 6.18 Å². The van der Waals surface area contributed by atoms with Crippen molar-refractivity contribution in [2.45, 2.75) is 19.3 Å². The first-order valence-electron chi connectivity index (χ1n) is 8.19. The first-order valence-corrected chi connectivity index (χ1v) is 8.19. The number of nitrogens with zero attached hydrogens (tertiary/aromatic N) is 2. The van der Waals surface area contributed by atoms with Crippen molar-refractivity contribution in [3.63, 3.8) is 0 Å². The van der Waals surface area contributed by atoms with Crippen LogP contribution in [0.15, 0.2) is 53.3 Å². The summed E-state index contributed by atoms with van der Waals surface area (Å²) < 4.78 is 40.4. The predicted octanol–water partition coefficient (Wildman–Crippen LogP) is 2.98. The normalized spacial score (nSPS) is 11.2. The average molecular weight is 385 g/mol. The number of fused-ring (bicyclic) bond motifs is 1. The number of alkyl halides is 3. The standard InChI is InChI=1S/C20H14F3N3O2/c1-2-11-26-19(28)14-8-4-3-7-13(14)17(25-26)12-24-18(27)15-9-5-6-10-16(15)20(21,22)23/h1,3-10H,11-12H2,(H,24,27). The molecule has 0 spiro atoms. The molecule has 0 saturated carbocycles. The highest BCUT2D eigenvalue weighted by Crippen LogP contribution is 2.31. The Kier molecular flexibility index (Phi) is 5.18. The zero-order valence-corrected chi connectivity index (χ0v) is 14.5. The number of aromatic nitrogens is 2. The van der Waals surface area contributed by atoms with Gasteiger partial charge in [-0.2, -0.15) is 18.3 Å². The van der Waals surface area contributed by atoms with Gasteiger partial charge in [0.15, 0.2) is 0 Å². The number of carbonyl (C=O) groups excluding carboxylic acids is 1. The van der Waals surface area contributed by atoms with E-state index in [0.29, 0.717) is 16.5 Å². The second-order valence-electron chi connectivity index (χ2n) is 5.89. The van der Waals surface area contributed by atoms with Gasteiger partial charge in [-0.25, -0.2) is 4.68 Å². The molecule has 3 rings (SSSR count). The fourth-order valence-electron chi connectivity index (χ4n) is 2.82. The molecule has 0 aliphatic heterocycles. The van der Waals surface area contributed by atoms with Gasteiger partial charge in [0.25, 0.3) is 11.5 Å². The van der Waals surface area contributed by atoms with E-state index in [2.05, 4.69) is 16.3 Å². The lowest BCUT2D eigenvalue weighted by Gasteiger charge is -2.13. The summed E-state index contributed by atoms with van der Waals surface area (Å²) >= 11 is 0. The van der Waals surface area contributed by atoms with Gasteiger partial charge in [-0.05, 0) is 18.2 Å². The Bertz CT molecular complexity index is 1140. The molecule has 0 bridgehead atoms. The van der Waals surface area contributed by atoms with Gasteiger partial charge in [-0.15, -0.1) is 6.42 Å². The van der Waals surface area contributed by atoms with Crippen LogP contribution in [0.4, 0.5) is 13.2 Å². The zero-order valence-electron chi connectivity index (χ0n) is 14.5. The third-order valence-corrected chi connectivity index (χ3v) is 4.08. The van der Waals surface area contributed by atoms with Crippen LogP contribution in [0.25, 0.3) is 10.8 Å². The van der Waals surface area contributed by atoms with Gasteiger partial charge in [0.1, 0.15) is 6.54 Å². The van der Waals surface area contributed by atoms with Gasteiger partial charge in [-0.3, -0.25) is 9.59 Å². The van der Waals surface area contributed by atoms with Crippen molar-refractivity contribution in [1.82, 2.24) is 15.1 Å². The van der Waals surface area contributed by atoms with Crippen LogP contribution in [0, 0.1) is 12.3 Å². The number of nitrogens with one attached hydrogen (secondary N) is 1. The second kappa shape index (κ2) is 7.56.